The van der Waals surface area contributed by atoms with Crippen LogP contribution in [0.1, 0.15) is 61.2 Å². The van der Waals surface area contributed by atoms with Gasteiger partial charge in [0.25, 0.3) is 0 Å². The van der Waals surface area contributed by atoms with Gasteiger partial charge in [0.2, 0.25) is 5.91 Å². The van der Waals surface area contributed by atoms with Crippen LogP contribution in [0.4, 0.5) is 5.69 Å². The molecule has 0 spiro atoms. The van der Waals surface area contributed by atoms with Crippen molar-refractivity contribution in [1.82, 2.24) is 15.2 Å². The molecular formula is C26H30N4O6S. The molecule has 4 rings (SSSR count). The average molecular weight is 527 g/mol. The van der Waals surface area contributed by atoms with E-state index in [1.807, 2.05) is 36.4 Å². The first-order chi connectivity index (χ1) is 18.0. The second kappa shape index (κ2) is 13.3. The maximum Gasteiger partial charge on any atom is 0.303 e. The molecule has 11 heteroatoms. The maximum absolute atomic E-state index is 12.2. The zero-order chi connectivity index (χ0) is 26.0. The Morgan fingerprint density at radius 2 is 1.76 bits per heavy atom. The summed E-state index contributed by atoms with van der Waals surface area (Å²) >= 11 is 1.53. The van der Waals surface area contributed by atoms with Crippen molar-refractivity contribution < 1.29 is 29.3 Å². The third-order valence-electron chi connectivity index (χ3n) is 5.92. The van der Waals surface area contributed by atoms with Gasteiger partial charge in [0, 0.05) is 36.3 Å². The second-order valence-corrected chi connectivity index (χ2v) is 9.73. The van der Waals surface area contributed by atoms with E-state index in [1.54, 1.807) is 12.1 Å². The minimum atomic E-state index is -0.855. The molecule has 196 valence electrons. The Hall–Kier alpha value is -3.25. The van der Waals surface area contributed by atoms with E-state index < -0.39 is 12.3 Å². The summed E-state index contributed by atoms with van der Waals surface area (Å²) < 4.78 is 12.6. The van der Waals surface area contributed by atoms with Crippen molar-refractivity contribution in [3.8, 4) is 0 Å². The summed E-state index contributed by atoms with van der Waals surface area (Å²) in [5.74, 6) is -0.346. The number of unbranched alkanes of at least 4 members (excludes halogenated alkanes) is 1. The van der Waals surface area contributed by atoms with Gasteiger partial charge in [0.05, 0.1) is 18.8 Å². The number of nitrogens with one attached hydrogen (secondary N) is 2. The minimum absolute atomic E-state index is 0.0147. The fourth-order valence-electron chi connectivity index (χ4n) is 3.97. The quantitative estimate of drug-likeness (QED) is 0.201. The summed E-state index contributed by atoms with van der Waals surface area (Å²) in [6.07, 6.45) is 2.55. The van der Waals surface area contributed by atoms with Gasteiger partial charge in [-0.25, -0.2) is 4.98 Å². The third kappa shape index (κ3) is 8.12. The van der Waals surface area contributed by atoms with Crippen LogP contribution in [0.3, 0.4) is 0 Å². The van der Waals surface area contributed by atoms with Crippen LogP contribution in [-0.2, 0) is 25.7 Å². The number of hydrogen-bond acceptors (Lipinski definition) is 8. The Morgan fingerprint density at radius 3 is 2.43 bits per heavy atom. The van der Waals surface area contributed by atoms with E-state index in [0.717, 1.165) is 21.8 Å². The van der Waals surface area contributed by atoms with Gasteiger partial charge in [-0.3, -0.25) is 14.7 Å². The molecule has 2 heterocycles. The van der Waals surface area contributed by atoms with E-state index in [4.69, 9.17) is 14.6 Å². The molecule has 0 aliphatic carbocycles. The van der Waals surface area contributed by atoms with Gasteiger partial charge >= 0.3 is 5.97 Å². The normalized spacial score (nSPS) is 19.4. The third-order valence-corrected chi connectivity index (χ3v) is 6.93. The van der Waals surface area contributed by atoms with Crippen LogP contribution in [0.2, 0.25) is 0 Å². The molecule has 1 aliphatic heterocycles. The summed E-state index contributed by atoms with van der Waals surface area (Å²) in [7, 11) is 0. The lowest BCUT2D eigenvalue weighted by molar-refractivity contribution is -0.245. The first kappa shape index (κ1) is 26.8. The van der Waals surface area contributed by atoms with E-state index >= 15 is 0 Å². The Morgan fingerprint density at radius 1 is 1.03 bits per heavy atom. The first-order valence-electron chi connectivity index (χ1n) is 12.1. The van der Waals surface area contributed by atoms with Gasteiger partial charge in [0.15, 0.2) is 11.4 Å². The Balaban J connectivity index is 1.40. The number of nitrogens with zero attached hydrogens (tertiary/aromatic N) is 2. The largest absolute Gasteiger partial charge is 0.481 e. The molecule has 1 saturated heterocycles. The van der Waals surface area contributed by atoms with Gasteiger partial charge < -0.3 is 25.0 Å². The predicted octanol–water partition coefficient (Wildman–Crippen LogP) is 4.22. The van der Waals surface area contributed by atoms with Crippen molar-refractivity contribution in [3.05, 3.63) is 71.5 Å². The standard InChI is InChI=1S/C26H30N4O6S/c31-14-17-5-7-18(8-6-17)22-13-21(15-37-26-27-16-28-30-26)35-25(36-22)19-9-11-20(12-10-19)29-23(32)3-1-2-4-24(33)34/h5-12,16,21-22,25,31H,1-4,13-15H2,(H,29,32)(H,33,34)(H,27,28,30)/t21-,22+,25+/m1/s1. The number of aliphatic hydroxyl groups excluding tert-OH is 1. The molecule has 2 aromatic carbocycles. The van der Waals surface area contributed by atoms with Crippen molar-refractivity contribution >= 4 is 29.3 Å². The van der Waals surface area contributed by atoms with E-state index in [1.165, 1.54) is 18.1 Å². The highest BCUT2D eigenvalue weighted by Crippen LogP contribution is 2.39. The van der Waals surface area contributed by atoms with E-state index in [9.17, 15) is 14.7 Å². The van der Waals surface area contributed by atoms with Crippen molar-refractivity contribution in [2.75, 3.05) is 11.1 Å². The van der Waals surface area contributed by atoms with Crippen LogP contribution in [0.15, 0.2) is 60.0 Å². The molecule has 10 nitrogen and oxygen atoms in total. The number of carbonyl (C=O) groups excluding carboxylic acids is 1. The summed E-state index contributed by atoms with van der Waals surface area (Å²) in [4.78, 5) is 26.9. The maximum atomic E-state index is 12.2. The number of aliphatic carboxylic acids is 1. The Labute approximate surface area is 218 Å². The predicted molar refractivity (Wildman–Crippen MR) is 137 cm³/mol. The molecule has 1 amide bonds. The van der Waals surface area contributed by atoms with Crippen LogP contribution in [0.5, 0.6) is 0 Å². The number of carboxylic acid groups (broad SMARTS) is 1. The highest BCUT2D eigenvalue weighted by atomic mass is 32.2. The number of rotatable bonds is 12. The van der Waals surface area contributed by atoms with Crippen LogP contribution in [-0.4, -0.2) is 49.1 Å². The number of benzene rings is 2. The van der Waals surface area contributed by atoms with Crippen molar-refractivity contribution in [2.45, 2.75) is 62.4 Å². The van der Waals surface area contributed by atoms with E-state index in [-0.39, 0.29) is 37.6 Å². The number of carbonyl (C=O) groups is 2. The zero-order valence-corrected chi connectivity index (χ0v) is 21.0. The summed E-state index contributed by atoms with van der Waals surface area (Å²) in [6, 6.07) is 15.0. The molecule has 3 aromatic rings. The molecular weight excluding hydrogens is 496 g/mol. The number of hydrogen-bond donors (Lipinski definition) is 4. The van der Waals surface area contributed by atoms with Crippen LogP contribution in [0, 0.1) is 0 Å². The van der Waals surface area contributed by atoms with Crippen molar-refractivity contribution in [3.63, 3.8) is 0 Å². The van der Waals surface area contributed by atoms with E-state index in [2.05, 4.69) is 20.5 Å². The second-order valence-electron chi connectivity index (χ2n) is 8.72. The summed E-state index contributed by atoms with van der Waals surface area (Å²) in [5, 5.41) is 28.4. The molecule has 1 aromatic heterocycles. The lowest BCUT2D eigenvalue weighted by Gasteiger charge is -2.36. The lowest BCUT2D eigenvalue weighted by atomic mass is 10.0. The van der Waals surface area contributed by atoms with Gasteiger partial charge in [-0.1, -0.05) is 48.2 Å². The van der Waals surface area contributed by atoms with Gasteiger partial charge in [0.1, 0.15) is 6.33 Å². The molecule has 1 aliphatic rings. The van der Waals surface area contributed by atoms with Crippen molar-refractivity contribution in [1.29, 1.82) is 0 Å². The molecule has 4 N–H and O–H groups in total. The number of amides is 1. The number of aromatic nitrogens is 3. The molecule has 1 fully saturated rings. The monoisotopic (exact) mass is 526 g/mol. The average Bonchev–Trinajstić information content (AvgIpc) is 3.44. The van der Waals surface area contributed by atoms with Crippen LogP contribution in [0.25, 0.3) is 0 Å². The molecule has 37 heavy (non-hydrogen) atoms. The van der Waals surface area contributed by atoms with Crippen LogP contribution < -0.4 is 5.32 Å². The fourth-order valence-corrected chi connectivity index (χ4v) is 4.76. The van der Waals surface area contributed by atoms with Crippen LogP contribution >= 0.6 is 11.8 Å². The molecule has 0 bridgehead atoms. The number of carboxylic acids is 1. The number of thioether (sulfide) groups is 1. The molecule has 0 unspecified atom stereocenters. The highest BCUT2D eigenvalue weighted by Gasteiger charge is 2.32. The van der Waals surface area contributed by atoms with Gasteiger partial charge in [-0.05, 0) is 36.1 Å². The SMILES string of the molecule is O=C(O)CCCCC(=O)Nc1ccc([C@H]2O[C@@H](CSc3ncn[nH]3)C[C@@H](c3ccc(CO)cc3)O2)cc1. The lowest BCUT2D eigenvalue weighted by Crippen LogP contribution is -2.31. The summed E-state index contributed by atoms with van der Waals surface area (Å²) in [6.45, 7) is -0.0147. The first-order valence-corrected chi connectivity index (χ1v) is 13.1. The number of H-pyrrole nitrogens is 1. The van der Waals surface area contributed by atoms with E-state index in [0.29, 0.717) is 30.7 Å². The molecule has 0 radical (unpaired) electrons. The minimum Gasteiger partial charge on any atom is -0.481 e. The zero-order valence-electron chi connectivity index (χ0n) is 20.2. The molecule has 3 atom stereocenters. The number of anilines is 1. The smallest absolute Gasteiger partial charge is 0.303 e. The molecule has 0 saturated carbocycles. The number of ether oxygens (including phenoxy) is 2. The fraction of sp³-hybridized carbons (Fsp3) is 0.385. The topological polar surface area (TPSA) is 147 Å². The summed E-state index contributed by atoms with van der Waals surface area (Å²) in [5.41, 5.74) is 3.32. The number of aromatic amines is 1. The highest BCUT2D eigenvalue weighted by molar-refractivity contribution is 7.99. The Bertz CT molecular complexity index is 1140. The Kier molecular flexibility index (Phi) is 9.66. The van der Waals surface area contributed by atoms with Crippen molar-refractivity contribution in [2.24, 2.45) is 0 Å². The van der Waals surface area contributed by atoms with Gasteiger partial charge in [-0.15, -0.1) is 0 Å². The van der Waals surface area contributed by atoms with Gasteiger partial charge in [-0.2, -0.15) is 5.10 Å². The number of aliphatic hydroxyl groups is 1.